The maximum Gasteiger partial charge on any atom is 0.242 e. The molecular formula is C26H36ClN3O4S. The predicted octanol–water partition coefficient (Wildman–Crippen LogP) is 4.53. The molecule has 2 aromatic carbocycles. The first-order valence-corrected chi connectivity index (χ1v) is 14.0. The van der Waals surface area contributed by atoms with Gasteiger partial charge in [-0.05, 0) is 63.4 Å². The Morgan fingerprint density at radius 2 is 1.63 bits per heavy atom. The van der Waals surface area contributed by atoms with E-state index in [1.807, 2.05) is 45.0 Å². The van der Waals surface area contributed by atoms with E-state index in [9.17, 15) is 18.0 Å². The van der Waals surface area contributed by atoms with Crippen molar-refractivity contribution >= 4 is 39.1 Å². The van der Waals surface area contributed by atoms with Gasteiger partial charge in [-0.25, -0.2) is 8.42 Å². The first kappa shape index (κ1) is 28.7. The Morgan fingerprint density at radius 1 is 1.03 bits per heavy atom. The molecule has 1 N–H and O–H groups in total. The van der Waals surface area contributed by atoms with Crippen molar-refractivity contribution in [3.8, 4) is 0 Å². The summed E-state index contributed by atoms with van der Waals surface area (Å²) in [6.45, 7) is 7.95. The highest BCUT2D eigenvalue weighted by atomic mass is 35.5. The number of rotatable bonds is 12. The van der Waals surface area contributed by atoms with Crippen LogP contribution in [0.15, 0.2) is 48.5 Å². The quantitative estimate of drug-likeness (QED) is 0.444. The number of sulfonamides is 1. The summed E-state index contributed by atoms with van der Waals surface area (Å²) in [5, 5.41) is 3.53. The summed E-state index contributed by atoms with van der Waals surface area (Å²) in [5.41, 5.74) is 2.44. The van der Waals surface area contributed by atoms with Crippen molar-refractivity contribution in [2.45, 2.75) is 65.6 Å². The lowest BCUT2D eigenvalue weighted by atomic mass is 10.1. The summed E-state index contributed by atoms with van der Waals surface area (Å²) in [6, 6.07) is 13.7. The number of benzene rings is 2. The molecule has 2 rings (SSSR count). The van der Waals surface area contributed by atoms with E-state index < -0.39 is 16.1 Å². The van der Waals surface area contributed by atoms with Gasteiger partial charge >= 0.3 is 0 Å². The molecule has 2 aromatic rings. The van der Waals surface area contributed by atoms with Crippen molar-refractivity contribution in [1.82, 2.24) is 10.2 Å². The van der Waals surface area contributed by atoms with E-state index in [1.165, 1.54) is 9.21 Å². The van der Waals surface area contributed by atoms with Crippen LogP contribution in [-0.2, 0) is 26.2 Å². The van der Waals surface area contributed by atoms with Gasteiger partial charge < -0.3 is 10.2 Å². The van der Waals surface area contributed by atoms with E-state index in [2.05, 4.69) is 5.32 Å². The van der Waals surface area contributed by atoms with Crippen LogP contribution in [0, 0.1) is 6.92 Å². The second kappa shape index (κ2) is 12.9. The molecule has 0 aromatic heterocycles. The minimum absolute atomic E-state index is 0.00439. The van der Waals surface area contributed by atoms with Crippen LogP contribution in [-0.4, -0.2) is 50.0 Å². The molecule has 0 saturated carbocycles. The lowest BCUT2D eigenvalue weighted by Gasteiger charge is -2.30. The fourth-order valence-electron chi connectivity index (χ4n) is 3.55. The molecule has 0 aliphatic rings. The third-order valence-electron chi connectivity index (χ3n) is 5.91. The van der Waals surface area contributed by atoms with Gasteiger partial charge in [0.1, 0.15) is 6.04 Å². The topological polar surface area (TPSA) is 86.8 Å². The molecule has 2 atom stereocenters. The predicted molar refractivity (Wildman–Crippen MR) is 142 cm³/mol. The van der Waals surface area contributed by atoms with Crippen LogP contribution < -0.4 is 9.62 Å². The van der Waals surface area contributed by atoms with Gasteiger partial charge in [0.25, 0.3) is 0 Å². The number of hydrogen-bond donors (Lipinski definition) is 1. The lowest BCUT2D eigenvalue weighted by Crippen LogP contribution is -2.49. The minimum Gasteiger partial charge on any atom is -0.352 e. The van der Waals surface area contributed by atoms with Crippen LogP contribution in [0.2, 0.25) is 5.02 Å². The Balaban J connectivity index is 2.15. The van der Waals surface area contributed by atoms with Crippen LogP contribution >= 0.6 is 11.6 Å². The number of carbonyl (C=O) groups excluding carboxylic acids is 2. The zero-order chi connectivity index (χ0) is 26.2. The molecule has 0 aliphatic carbocycles. The van der Waals surface area contributed by atoms with E-state index in [-0.39, 0.29) is 37.4 Å². The van der Waals surface area contributed by atoms with Crippen LogP contribution in [0.4, 0.5) is 5.69 Å². The molecular weight excluding hydrogens is 486 g/mol. The van der Waals surface area contributed by atoms with Gasteiger partial charge in [0.2, 0.25) is 21.8 Å². The number of nitrogens with zero attached hydrogens (tertiary/aromatic N) is 2. The van der Waals surface area contributed by atoms with E-state index >= 15 is 0 Å². The average Bonchev–Trinajstić information content (AvgIpc) is 2.80. The van der Waals surface area contributed by atoms with Crippen LogP contribution in [0.1, 0.15) is 51.2 Å². The van der Waals surface area contributed by atoms with Gasteiger partial charge in [-0.3, -0.25) is 13.9 Å². The highest BCUT2D eigenvalue weighted by Gasteiger charge is 2.27. The summed E-state index contributed by atoms with van der Waals surface area (Å²) in [5.74, 6) is -0.441. The van der Waals surface area contributed by atoms with Gasteiger partial charge in [-0.15, -0.1) is 0 Å². The van der Waals surface area contributed by atoms with E-state index in [1.54, 1.807) is 31.2 Å². The average molecular weight is 522 g/mol. The summed E-state index contributed by atoms with van der Waals surface area (Å²) < 4.78 is 26.1. The Bertz CT molecular complexity index is 1090. The van der Waals surface area contributed by atoms with Crippen molar-refractivity contribution in [1.29, 1.82) is 0 Å². The molecule has 0 fully saturated rings. The van der Waals surface area contributed by atoms with Crippen molar-refractivity contribution < 1.29 is 18.0 Å². The maximum atomic E-state index is 13.3. The molecule has 9 heteroatoms. The second-order valence-electron chi connectivity index (χ2n) is 8.92. The standard InChI is InChI=1S/C26H36ClN3O4S/c1-6-20(3)28-26(32)21(4)29(18-22-11-13-23(27)14-12-22)25(31)8-7-17-30(35(5,33)34)24-15-9-19(2)10-16-24/h9-16,20-21H,6-8,17-18H2,1-5H3,(H,28,32)/t20-,21-/m1/s1. The van der Waals surface area contributed by atoms with Gasteiger partial charge in [0.05, 0.1) is 11.9 Å². The number of anilines is 1. The highest BCUT2D eigenvalue weighted by Crippen LogP contribution is 2.20. The first-order chi connectivity index (χ1) is 16.4. The van der Waals surface area contributed by atoms with Gasteiger partial charge in [-0.2, -0.15) is 0 Å². The summed E-state index contributed by atoms with van der Waals surface area (Å²) >= 11 is 5.99. The third-order valence-corrected chi connectivity index (χ3v) is 7.35. The fraction of sp³-hybridized carbons (Fsp3) is 0.462. The molecule has 0 heterocycles. The zero-order valence-electron chi connectivity index (χ0n) is 21.1. The normalized spacial score (nSPS) is 13.1. The lowest BCUT2D eigenvalue weighted by molar-refractivity contribution is -0.140. The Hall–Kier alpha value is -2.58. The molecule has 7 nitrogen and oxygen atoms in total. The number of hydrogen-bond acceptors (Lipinski definition) is 4. The molecule has 0 bridgehead atoms. The van der Waals surface area contributed by atoms with E-state index in [0.717, 1.165) is 23.8 Å². The molecule has 0 unspecified atom stereocenters. The van der Waals surface area contributed by atoms with Gasteiger partial charge in [0.15, 0.2) is 0 Å². The summed E-state index contributed by atoms with van der Waals surface area (Å²) in [6.07, 6.45) is 2.36. The van der Waals surface area contributed by atoms with Crippen molar-refractivity contribution in [3.63, 3.8) is 0 Å². The number of amides is 2. The van der Waals surface area contributed by atoms with Gasteiger partial charge in [0, 0.05) is 30.6 Å². The molecule has 0 saturated heterocycles. The zero-order valence-corrected chi connectivity index (χ0v) is 22.7. The highest BCUT2D eigenvalue weighted by molar-refractivity contribution is 7.92. The molecule has 2 amide bonds. The number of halogens is 1. The summed E-state index contributed by atoms with van der Waals surface area (Å²) in [7, 11) is -3.52. The number of nitrogens with one attached hydrogen (secondary N) is 1. The molecule has 35 heavy (non-hydrogen) atoms. The smallest absolute Gasteiger partial charge is 0.242 e. The summed E-state index contributed by atoms with van der Waals surface area (Å²) in [4.78, 5) is 27.6. The molecule has 192 valence electrons. The Labute approximate surface area is 214 Å². The third kappa shape index (κ3) is 8.85. The van der Waals surface area contributed by atoms with E-state index in [4.69, 9.17) is 11.6 Å². The maximum absolute atomic E-state index is 13.3. The molecule has 0 aliphatic heterocycles. The number of carbonyl (C=O) groups is 2. The molecule has 0 radical (unpaired) electrons. The van der Waals surface area contributed by atoms with Crippen molar-refractivity contribution in [3.05, 3.63) is 64.7 Å². The Morgan fingerprint density at radius 3 is 2.17 bits per heavy atom. The van der Waals surface area contributed by atoms with Crippen molar-refractivity contribution in [2.75, 3.05) is 17.1 Å². The van der Waals surface area contributed by atoms with Gasteiger partial charge in [-0.1, -0.05) is 48.4 Å². The first-order valence-electron chi connectivity index (χ1n) is 11.8. The Kier molecular flexibility index (Phi) is 10.6. The van der Waals surface area contributed by atoms with Crippen LogP contribution in [0.25, 0.3) is 0 Å². The van der Waals surface area contributed by atoms with Crippen LogP contribution in [0.5, 0.6) is 0 Å². The monoisotopic (exact) mass is 521 g/mol. The minimum atomic E-state index is -3.52. The second-order valence-corrected chi connectivity index (χ2v) is 11.3. The SMILES string of the molecule is CC[C@@H](C)NC(=O)[C@@H](C)N(Cc1ccc(Cl)cc1)C(=O)CCCN(c1ccc(C)cc1)S(C)(=O)=O. The van der Waals surface area contributed by atoms with Crippen molar-refractivity contribution in [2.24, 2.45) is 0 Å². The molecule has 0 spiro atoms. The van der Waals surface area contributed by atoms with Crippen LogP contribution in [0.3, 0.4) is 0 Å². The fourth-order valence-corrected chi connectivity index (χ4v) is 4.64. The largest absolute Gasteiger partial charge is 0.352 e. The number of aryl methyl sites for hydroxylation is 1. The van der Waals surface area contributed by atoms with E-state index in [0.29, 0.717) is 17.1 Å².